The Balaban J connectivity index is 1.43. The van der Waals surface area contributed by atoms with Crippen molar-refractivity contribution < 1.29 is 26.7 Å². The number of nitrogens with zero attached hydrogens (tertiary/aromatic N) is 2. The third-order valence-corrected chi connectivity index (χ3v) is 7.98. The maximum absolute atomic E-state index is 14.0. The van der Waals surface area contributed by atoms with Crippen LogP contribution in [-0.2, 0) is 14.8 Å². The summed E-state index contributed by atoms with van der Waals surface area (Å²) in [6, 6.07) is 3.86. The van der Waals surface area contributed by atoms with Crippen LogP contribution >= 0.6 is 0 Å². The van der Waals surface area contributed by atoms with Crippen molar-refractivity contribution in [2.45, 2.75) is 63.9 Å². The van der Waals surface area contributed by atoms with Crippen molar-refractivity contribution >= 4 is 16.1 Å². The van der Waals surface area contributed by atoms with E-state index < -0.39 is 21.7 Å². The van der Waals surface area contributed by atoms with Gasteiger partial charge in [-0.1, -0.05) is 12.1 Å². The second kappa shape index (κ2) is 11.4. The molecule has 0 atom stereocenters. The first kappa shape index (κ1) is 24.9. The van der Waals surface area contributed by atoms with Gasteiger partial charge in [0.25, 0.3) is 0 Å². The van der Waals surface area contributed by atoms with E-state index in [0.717, 1.165) is 29.7 Å². The molecule has 1 saturated carbocycles. The third kappa shape index (κ3) is 6.39. The summed E-state index contributed by atoms with van der Waals surface area (Å²) in [4.78, 5) is 14.0. The van der Waals surface area contributed by atoms with Crippen molar-refractivity contribution in [3.05, 3.63) is 35.4 Å². The lowest BCUT2D eigenvalue weighted by Crippen LogP contribution is -2.53. The molecule has 1 aromatic carbocycles. The zero-order valence-electron chi connectivity index (χ0n) is 18.6. The number of halogens is 2. The molecule has 3 rings (SSSR count). The molecule has 180 valence electrons. The van der Waals surface area contributed by atoms with Crippen LogP contribution in [0.1, 0.15) is 63.4 Å². The predicted octanol–water partition coefficient (Wildman–Crippen LogP) is 3.77. The molecule has 1 heterocycles. The van der Waals surface area contributed by atoms with Gasteiger partial charge in [-0.3, -0.25) is 5.43 Å². The molecule has 1 N–H and O–H groups in total. The fourth-order valence-corrected chi connectivity index (χ4v) is 5.56. The fraction of sp³-hybridized carbons (Fsp3) is 0.682. The molecule has 32 heavy (non-hydrogen) atoms. The van der Waals surface area contributed by atoms with Crippen molar-refractivity contribution in [2.75, 3.05) is 32.0 Å². The average Bonchev–Trinajstić information content (AvgIpc) is 2.80. The van der Waals surface area contributed by atoms with Gasteiger partial charge in [0.2, 0.25) is 10.0 Å². The molecule has 10 heteroatoms. The minimum absolute atomic E-state index is 0.0160. The number of hydrogen-bond donors (Lipinski definition) is 1. The van der Waals surface area contributed by atoms with Crippen LogP contribution in [0.25, 0.3) is 0 Å². The van der Waals surface area contributed by atoms with E-state index in [9.17, 15) is 22.0 Å². The number of carbonyl (C=O) groups is 1. The molecule has 0 radical (unpaired) electrons. The van der Waals surface area contributed by atoms with Gasteiger partial charge >= 0.3 is 6.03 Å². The number of sulfonamides is 1. The minimum Gasteiger partial charge on any atom is -0.377 e. The molecule has 0 spiro atoms. The molecule has 2 aliphatic rings. The van der Waals surface area contributed by atoms with E-state index in [-0.39, 0.29) is 37.0 Å². The Hall–Kier alpha value is -1.78. The van der Waals surface area contributed by atoms with Crippen LogP contribution in [0.15, 0.2) is 18.2 Å². The lowest BCUT2D eigenvalue weighted by Gasteiger charge is -2.30. The van der Waals surface area contributed by atoms with E-state index >= 15 is 0 Å². The molecule has 2 amide bonds. The molecule has 7 nitrogen and oxygen atoms in total. The summed E-state index contributed by atoms with van der Waals surface area (Å²) < 4.78 is 59.6. The summed E-state index contributed by atoms with van der Waals surface area (Å²) in [6.07, 6.45) is 5.44. The van der Waals surface area contributed by atoms with Crippen LogP contribution in [0.2, 0.25) is 0 Å². The van der Waals surface area contributed by atoms with Crippen LogP contribution in [-0.4, -0.2) is 61.9 Å². The molecule has 1 aliphatic heterocycles. The van der Waals surface area contributed by atoms with Crippen molar-refractivity contribution in [1.82, 2.24) is 14.7 Å². The second-order valence-electron chi connectivity index (χ2n) is 8.43. The third-order valence-electron chi connectivity index (χ3n) is 6.28. The second-order valence-corrected chi connectivity index (χ2v) is 10.4. The number of ether oxygens (including phenoxy) is 1. The molecule has 1 saturated heterocycles. The largest absolute Gasteiger partial charge is 0.377 e. The summed E-state index contributed by atoms with van der Waals surface area (Å²) in [5, 5.41) is 0. The van der Waals surface area contributed by atoms with Crippen LogP contribution in [0.5, 0.6) is 0 Å². The molecule has 1 aliphatic carbocycles. The Bertz CT molecular complexity index is 870. The highest BCUT2D eigenvalue weighted by atomic mass is 32.2. The van der Waals surface area contributed by atoms with Gasteiger partial charge in [0, 0.05) is 19.6 Å². The summed E-state index contributed by atoms with van der Waals surface area (Å²) in [5.74, 6) is -1.91. The number of urea groups is 1. The van der Waals surface area contributed by atoms with Gasteiger partial charge in [-0.05, 0) is 69.4 Å². The number of hydrazine groups is 1. The predicted molar refractivity (Wildman–Crippen MR) is 117 cm³/mol. The highest BCUT2D eigenvalue weighted by Crippen LogP contribution is 2.35. The monoisotopic (exact) mass is 473 g/mol. The van der Waals surface area contributed by atoms with Crippen LogP contribution in [0.4, 0.5) is 13.6 Å². The quantitative estimate of drug-likeness (QED) is 0.583. The van der Waals surface area contributed by atoms with Gasteiger partial charge in [-0.25, -0.2) is 22.0 Å². The highest BCUT2D eigenvalue weighted by molar-refractivity contribution is 7.89. The maximum atomic E-state index is 14.0. The zero-order chi connectivity index (χ0) is 23.1. The van der Waals surface area contributed by atoms with Gasteiger partial charge in [0.15, 0.2) is 11.6 Å². The van der Waals surface area contributed by atoms with Gasteiger partial charge in [-0.15, -0.1) is 4.41 Å². The summed E-state index contributed by atoms with van der Waals surface area (Å²) >= 11 is 0. The van der Waals surface area contributed by atoms with Crippen LogP contribution < -0.4 is 5.43 Å². The van der Waals surface area contributed by atoms with Crippen LogP contribution in [0, 0.1) is 11.6 Å². The molecular weight excluding hydrogens is 440 g/mol. The Morgan fingerprint density at radius 1 is 1.16 bits per heavy atom. The topological polar surface area (TPSA) is 79.0 Å². The minimum atomic E-state index is -3.71. The number of benzene rings is 1. The Morgan fingerprint density at radius 2 is 1.84 bits per heavy atom. The number of hydrogen-bond acceptors (Lipinski definition) is 4. The lowest BCUT2D eigenvalue weighted by molar-refractivity contribution is 0.0331. The average molecular weight is 474 g/mol. The Labute approximate surface area is 189 Å². The van der Waals surface area contributed by atoms with Crippen molar-refractivity contribution in [2.24, 2.45) is 0 Å². The SMILES string of the molecule is CCN(NC(=O)N1CCCCC1)S(=O)(=O)CCOC1CCC(c2cccc(F)c2F)CC1. The summed E-state index contributed by atoms with van der Waals surface area (Å²) in [6.45, 7) is 3.08. The molecule has 2 fully saturated rings. The first-order valence-corrected chi connectivity index (χ1v) is 13.0. The number of amides is 2. The van der Waals surface area contributed by atoms with Gasteiger partial charge in [0.1, 0.15) is 0 Å². The number of carbonyl (C=O) groups excluding carboxylic acids is 1. The first-order valence-electron chi connectivity index (χ1n) is 11.4. The Kier molecular flexibility index (Phi) is 8.84. The summed E-state index contributed by atoms with van der Waals surface area (Å²) in [7, 11) is -3.71. The zero-order valence-corrected chi connectivity index (χ0v) is 19.4. The van der Waals surface area contributed by atoms with E-state index in [1.54, 1.807) is 17.9 Å². The van der Waals surface area contributed by atoms with Crippen molar-refractivity contribution in [3.63, 3.8) is 0 Å². The smallest absolute Gasteiger partial charge is 0.332 e. The normalized spacial score (nSPS) is 22.2. The number of likely N-dealkylation sites (tertiary alicyclic amines) is 1. The maximum Gasteiger partial charge on any atom is 0.332 e. The lowest BCUT2D eigenvalue weighted by atomic mass is 9.82. The van der Waals surface area contributed by atoms with Gasteiger partial charge in [-0.2, -0.15) is 0 Å². The van der Waals surface area contributed by atoms with E-state index in [0.29, 0.717) is 44.3 Å². The fourth-order valence-electron chi connectivity index (χ4n) is 4.43. The first-order chi connectivity index (χ1) is 15.3. The van der Waals surface area contributed by atoms with E-state index in [1.807, 2.05) is 0 Å². The van der Waals surface area contributed by atoms with Gasteiger partial charge in [0.05, 0.1) is 18.5 Å². The molecule has 1 aromatic rings. The van der Waals surface area contributed by atoms with Gasteiger partial charge < -0.3 is 9.64 Å². The summed E-state index contributed by atoms with van der Waals surface area (Å²) in [5.41, 5.74) is 2.91. The molecular formula is C22H33F2N3O4S. The number of piperidine rings is 1. The van der Waals surface area contributed by atoms with E-state index in [4.69, 9.17) is 4.74 Å². The molecule has 0 unspecified atom stereocenters. The van der Waals surface area contributed by atoms with Crippen LogP contribution in [0.3, 0.4) is 0 Å². The van der Waals surface area contributed by atoms with Crippen molar-refractivity contribution in [3.8, 4) is 0 Å². The number of nitrogens with one attached hydrogen (secondary N) is 1. The number of rotatable bonds is 8. The van der Waals surface area contributed by atoms with E-state index in [2.05, 4.69) is 5.43 Å². The highest BCUT2D eigenvalue weighted by Gasteiger charge is 2.28. The molecule has 0 aromatic heterocycles. The molecule has 0 bridgehead atoms. The van der Waals surface area contributed by atoms with E-state index in [1.165, 1.54) is 6.07 Å². The standard InChI is InChI=1S/C22H33F2N3O4S/c1-2-27(25-22(28)26-13-4-3-5-14-26)32(29,30)16-15-31-18-11-9-17(10-12-18)19-7-6-8-20(23)21(19)24/h6-8,17-18H,2-5,9-16H2,1H3,(H,25,28). The van der Waals surface area contributed by atoms with Crippen molar-refractivity contribution in [1.29, 1.82) is 0 Å². The Morgan fingerprint density at radius 3 is 2.50 bits per heavy atom.